The second kappa shape index (κ2) is 6.29. The molecule has 0 saturated carbocycles. The van der Waals surface area contributed by atoms with Crippen molar-refractivity contribution in [2.24, 2.45) is 0 Å². The molecule has 1 heterocycles. The van der Waals surface area contributed by atoms with Crippen LogP contribution in [0.5, 0.6) is 5.75 Å². The number of anilines is 1. The molecule has 0 saturated heterocycles. The van der Waals surface area contributed by atoms with Crippen LogP contribution in [0.4, 0.5) is 13.9 Å². The van der Waals surface area contributed by atoms with Crippen LogP contribution < -0.4 is 5.32 Å². The van der Waals surface area contributed by atoms with Crippen LogP contribution in [0.25, 0.3) is 21.7 Å². The van der Waals surface area contributed by atoms with Gasteiger partial charge in [0.15, 0.2) is 5.01 Å². The third-order valence-corrected chi connectivity index (χ3v) is 4.14. The summed E-state index contributed by atoms with van der Waals surface area (Å²) in [6, 6.07) is 8.03. The Morgan fingerprint density at radius 3 is 2.65 bits per heavy atom. The first-order valence-corrected chi connectivity index (χ1v) is 7.76. The molecule has 3 rings (SSSR count). The van der Waals surface area contributed by atoms with Gasteiger partial charge in [-0.3, -0.25) is 0 Å². The fraction of sp³-hybridized carbons (Fsp3) is 0.125. The smallest absolute Gasteiger partial charge is 0.205 e. The average molecular weight is 333 g/mol. The summed E-state index contributed by atoms with van der Waals surface area (Å²) < 4.78 is 27.0. The second-order valence-electron chi connectivity index (χ2n) is 4.80. The first-order valence-electron chi connectivity index (χ1n) is 6.94. The molecule has 3 aromatic rings. The van der Waals surface area contributed by atoms with Crippen LogP contribution in [-0.4, -0.2) is 21.8 Å². The summed E-state index contributed by atoms with van der Waals surface area (Å²) in [6.07, 6.45) is 0. The van der Waals surface area contributed by atoms with Gasteiger partial charge in [-0.2, -0.15) is 0 Å². The molecule has 4 nitrogen and oxygen atoms in total. The molecule has 0 aliphatic rings. The molecular weight excluding hydrogens is 320 g/mol. The van der Waals surface area contributed by atoms with E-state index in [0.29, 0.717) is 27.8 Å². The average Bonchev–Trinajstić information content (AvgIpc) is 2.97. The van der Waals surface area contributed by atoms with E-state index < -0.39 is 11.6 Å². The monoisotopic (exact) mass is 333 g/mol. The van der Waals surface area contributed by atoms with Crippen molar-refractivity contribution in [3.8, 4) is 27.4 Å². The van der Waals surface area contributed by atoms with E-state index in [4.69, 9.17) is 0 Å². The third kappa shape index (κ3) is 3.14. The lowest BCUT2D eigenvalue weighted by atomic mass is 10.0. The number of benzene rings is 2. The highest BCUT2D eigenvalue weighted by Gasteiger charge is 2.14. The number of phenols is 1. The summed E-state index contributed by atoms with van der Waals surface area (Å²) in [5, 5.41) is 22.3. The predicted octanol–water partition coefficient (Wildman–Crippen LogP) is 4.29. The third-order valence-electron chi connectivity index (χ3n) is 3.22. The normalized spacial score (nSPS) is 10.7. The number of aromatic hydroxyl groups is 1. The number of phenolic OH excluding ortho intramolecular Hbond substituents is 1. The predicted molar refractivity (Wildman–Crippen MR) is 86.5 cm³/mol. The number of nitrogens with one attached hydrogen (secondary N) is 1. The van der Waals surface area contributed by atoms with Crippen molar-refractivity contribution < 1.29 is 13.9 Å². The van der Waals surface area contributed by atoms with Crippen LogP contribution >= 0.6 is 11.3 Å². The Balaban J connectivity index is 2.04. The maximum absolute atomic E-state index is 13.9. The number of nitrogens with zero attached hydrogens (tertiary/aromatic N) is 2. The lowest BCUT2D eigenvalue weighted by Crippen LogP contribution is -1.94. The Morgan fingerprint density at radius 1 is 1.09 bits per heavy atom. The van der Waals surface area contributed by atoms with Gasteiger partial charge in [0, 0.05) is 18.2 Å². The number of hydrogen-bond donors (Lipinski definition) is 2. The quantitative estimate of drug-likeness (QED) is 0.748. The van der Waals surface area contributed by atoms with Gasteiger partial charge in [-0.15, -0.1) is 10.2 Å². The van der Waals surface area contributed by atoms with E-state index in [-0.39, 0.29) is 11.3 Å². The Labute approximate surface area is 135 Å². The molecule has 118 valence electrons. The van der Waals surface area contributed by atoms with E-state index in [1.165, 1.54) is 29.5 Å². The number of hydrogen-bond acceptors (Lipinski definition) is 5. The molecule has 0 fully saturated rings. The van der Waals surface area contributed by atoms with Gasteiger partial charge in [-0.1, -0.05) is 17.4 Å². The van der Waals surface area contributed by atoms with Crippen molar-refractivity contribution >= 4 is 16.5 Å². The van der Waals surface area contributed by atoms with Gasteiger partial charge < -0.3 is 10.4 Å². The Kier molecular flexibility index (Phi) is 4.20. The van der Waals surface area contributed by atoms with E-state index in [1.807, 2.05) is 6.92 Å². The molecular formula is C16H13F2N3OS. The summed E-state index contributed by atoms with van der Waals surface area (Å²) in [7, 11) is 0. The largest absolute Gasteiger partial charge is 0.507 e. The topological polar surface area (TPSA) is 58.0 Å². The van der Waals surface area contributed by atoms with Gasteiger partial charge in [0.25, 0.3) is 0 Å². The lowest BCUT2D eigenvalue weighted by Gasteiger charge is -2.07. The molecule has 7 heteroatoms. The second-order valence-corrected chi connectivity index (χ2v) is 5.78. The maximum atomic E-state index is 13.9. The maximum Gasteiger partial charge on any atom is 0.205 e. The standard InChI is InChI=1S/C16H13F2N3OS/c1-2-19-16-21-20-15(23-16)12-7-9(3-6-14(12)22)11-5-4-10(17)8-13(11)18/h3-8,22H,2H2,1H3,(H,19,21). The SMILES string of the molecule is CCNc1nnc(-c2cc(-c3ccc(F)cc3F)ccc2O)s1. The van der Waals surface area contributed by atoms with Crippen molar-refractivity contribution in [2.45, 2.75) is 6.92 Å². The molecule has 2 N–H and O–H groups in total. The van der Waals surface area contributed by atoms with Gasteiger partial charge in [0.1, 0.15) is 17.4 Å². The molecule has 0 spiro atoms. The van der Waals surface area contributed by atoms with E-state index in [1.54, 1.807) is 12.1 Å². The zero-order valence-corrected chi connectivity index (χ0v) is 13.0. The van der Waals surface area contributed by atoms with Crippen molar-refractivity contribution in [3.63, 3.8) is 0 Å². The van der Waals surface area contributed by atoms with Crippen molar-refractivity contribution in [1.82, 2.24) is 10.2 Å². The summed E-state index contributed by atoms with van der Waals surface area (Å²) in [5.74, 6) is -1.27. The fourth-order valence-corrected chi connectivity index (χ4v) is 2.99. The molecule has 0 radical (unpaired) electrons. The Bertz CT molecular complexity index is 851. The van der Waals surface area contributed by atoms with Gasteiger partial charge in [0.05, 0.1) is 5.56 Å². The van der Waals surface area contributed by atoms with Crippen LogP contribution in [-0.2, 0) is 0 Å². The van der Waals surface area contributed by atoms with E-state index >= 15 is 0 Å². The molecule has 0 aliphatic heterocycles. The highest BCUT2D eigenvalue weighted by Crippen LogP contribution is 2.36. The van der Waals surface area contributed by atoms with Crippen LogP contribution in [0.3, 0.4) is 0 Å². The van der Waals surface area contributed by atoms with Gasteiger partial charge in [-0.05, 0) is 36.8 Å². The minimum absolute atomic E-state index is 0.0236. The number of halogens is 2. The summed E-state index contributed by atoms with van der Waals surface area (Å²) in [5.41, 5.74) is 1.23. The van der Waals surface area contributed by atoms with E-state index in [9.17, 15) is 13.9 Å². The molecule has 2 aromatic carbocycles. The van der Waals surface area contributed by atoms with Crippen LogP contribution in [0, 0.1) is 11.6 Å². The fourth-order valence-electron chi connectivity index (χ4n) is 2.15. The van der Waals surface area contributed by atoms with Crippen LogP contribution in [0.15, 0.2) is 36.4 Å². The number of rotatable bonds is 4. The molecule has 0 atom stereocenters. The lowest BCUT2D eigenvalue weighted by molar-refractivity contribution is 0.477. The minimum Gasteiger partial charge on any atom is -0.507 e. The molecule has 23 heavy (non-hydrogen) atoms. The van der Waals surface area contributed by atoms with Crippen LogP contribution in [0.1, 0.15) is 6.92 Å². The summed E-state index contributed by atoms with van der Waals surface area (Å²) in [6.45, 7) is 2.65. The van der Waals surface area contributed by atoms with E-state index in [0.717, 1.165) is 6.07 Å². The molecule has 0 unspecified atom stereocenters. The molecule has 0 amide bonds. The molecule has 1 aromatic heterocycles. The van der Waals surface area contributed by atoms with Crippen molar-refractivity contribution in [3.05, 3.63) is 48.0 Å². The Morgan fingerprint density at radius 2 is 1.91 bits per heavy atom. The zero-order chi connectivity index (χ0) is 16.4. The van der Waals surface area contributed by atoms with Crippen molar-refractivity contribution in [2.75, 3.05) is 11.9 Å². The zero-order valence-electron chi connectivity index (χ0n) is 12.2. The van der Waals surface area contributed by atoms with Crippen LogP contribution in [0.2, 0.25) is 0 Å². The highest BCUT2D eigenvalue weighted by molar-refractivity contribution is 7.18. The summed E-state index contributed by atoms with van der Waals surface area (Å²) in [4.78, 5) is 0. The number of aromatic nitrogens is 2. The molecule has 0 bridgehead atoms. The summed E-state index contributed by atoms with van der Waals surface area (Å²) >= 11 is 1.29. The first-order chi connectivity index (χ1) is 11.1. The van der Waals surface area contributed by atoms with Gasteiger partial charge in [-0.25, -0.2) is 8.78 Å². The van der Waals surface area contributed by atoms with E-state index in [2.05, 4.69) is 15.5 Å². The van der Waals surface area contributed by atoms with Gasteiger partial charge >= 0.3 is 0 Å². The first kappa shape index (κ1) is 15.4. The van der Waals surface area contributed by atoms with Gasteiger partial charge in [0.2, 0.25) is 5.13 Å². The minimum atomic E-state index is -0.660. The molecule has 0 aliphatic carbocycles. The highest BCUT2D eigenvalue weighted by atomic mass is 32.1. The Hall–Kier alpha value is -2.54. The van der Waals surface area contributed by atoms with Crippen molar-refractivity contribution in [1.29, 1.82) is 0 Å².